The van der Waals surface area contributed by atoms with Crippen LogP contribution in [0.3, 0.4) is 0 Å². The van der Waals surface area contributed by atoms with Gasteiger partial charge in [-0.1, -0.05) is 20.3 Å². The summed E-state index contributed by atoms with van der Waals surface area (Å²) < 4.78 is 0. The smallest absolute Gasteiger partial charge is 0.257 e. The van der Waals surface area contributed by atoms with Crippen molar-refractivity contribution in [3.05, 3.63) is 23.9 Å². The normalized spacial score (nSPS) is 19.0. The second kappa shape index (κ2) is 7.77. The Bertz CT molecular complexity index is 525. The number of aromatic nitrogens is 1. The molecule has 2 N–H and O–H groups in total. The number of rotatable bonds is 6. The highest BCUT2D eigenvalue weighted by Gasteiger charge is 2.28. The molecule has 1 aromatic heterocycles. The first kappa shape index (κ1) is 17.7. The van der Waals surface area contributed by atoms with Crippen LogP contribution in [0, 0.1) is 5.92 Å². The number of nitrogens with zero attached hydrogens (tertiary/aromatic N) is 2. The summed E-state index contributed by atoms with van der Waals surface area (Å²) in [7, 11) is 0. The summed E-state index contributed by atoms with van der Waals surface area (Å²) in [5, 5.41) is 13.7. The quantitative estimate of drug-likeness (QED) is 0.846. The van der Waals surface area contributed by atoms with E-state index in [1.807, 2.05) is 24.8 Å². The summed E-state index contributed by atoms with van der Waals surface area (Å²) in [6.07, 6.45) is 5.90. The molecule has 0 aromatic carbocycles. The second-order valence-corrected chi connectivity index (χ2v) is 6.77. The molecule has 1 aliphatic heterocycles. The molecule has 2 unspecified atom stereocenters. The van der Waals surface area contributed by atoms with Crippen molar-refractivity contribution in [3.63, 3.8) is 0 Å². The van der Waals surface area contributed by atoms with Crippen LogP contribution in [0.5, 0.6) is 0 Å². The number of carbonyl (C=O) groups is 1. The molecule has 5 heteroatoms. The fraction of sp³-hybridized carbons (Fsp3) is 0.667. The van der Waals surface area contributed by atoms with Gasteiger partial charge in [0, 0.05) is 25.8 Å². The number of anilines is 1. The van der Waals surface area contributed by atoms with Gasteiger partial charge in [-0.25, -0.2) is 4.98 Å². The van der Waals surface area contributed by atoms with Crippen molar-refractivity contribution in [1.82, 2.24) is 9.88 Å². The predicted molar refractivity (Wildman–Crippen MR) is 92.6 cm³/mol. The number of carbonyl (C=O) groups excluding carboxylic acids is 1. The van der Waals surface area contributed by atoms with Gasteiger partial charge in [0.25, 0.3) is 5.91 Å². The predicted octanol–water partition coefficient (Wildman–Crippen LogP) is 2.92. The lowest BCUT2D eigenvalue weighted by atomic mass is 9.88. The van der Waals surface area contributed by atoms with Gasteiger partial charge in [-0.15, -0.1) is 0 Å². The third-order valence-electron chi connectivity index (χ3n) is 4.97. The van der Waals surface area contributed by atoms with E-state index in [0.29, 0.717) is 17.9 Å². The van der Waals surface area contributed by atoms with Gasteiger partial charge in [-0.2, -0.15) is 0 Å². The lowest BCUT2D eigenvalue weighted by Gasteiger charge is -2.31. The zero-order valence-corrected chi connectivity index (χ0v) is 14.5. The molecule has 2 heterocycles. The first-order valence-electron chi connectivity index (χ1n) is 8.66. The Morgan fingerprint density at radius 1 is 1.43 bits per heavy atom. The average Bonchev–Trinajstić information content (AvgIpc) is 2.59. The number of hydrogen-bond donors (Lipinski definition) is 2. The maximum Gasteiger partial charge on any atom is 0.257 e. The highest BCUT2D eigenvalue weighted by atomic mass is 16.3. The van der Waals surface area contributed by atoms with Gasteiger partial charge in [0.2, 0.25) is 0 Å². The molecule has 2 rings (SSSR count). The first-order chi connectivity index (χ1) is 11.0. The Morgan fingerprint density at radius 2 is 2.13 bits per heavy atom. The van der Waals surface area contributed by atoms with Crippen LogP contribution in [0.2, 0.25) is 0 Å². The Hall–Kier alpha value is -1.62. The molecule has 1 aliphatic rings. The molecule has 0 aliphatic carbocycles. The number of likely N-dealkylation sites (tertiary alicyclic amines) is 1. The van der Waals surface area contributed by atoms with Crippen LogP contribution in [0.25, 0.3) is 0 Å². The number of pyridine rings is 1. The van der Waals surface area contributed by atoms with Gasteiger partial charge in [-0.05, 0) is 44.2 Å². The fourth-order valence-electron chi connectivity index (χ4n) is 2.86. The summed E-state index contributed by atoms with van der Waals surface area (Å²) >= 11 is 0. The number of piperidine rings is 1. The Labute approximate surface area is 139 Å². The zero-order chi connectivity index (χ0) is 16.9. The summed E-state index contributed by atoms with van der Waals surface area (Å²) in [5.74, 6) is 0.759. The van der Waals surface area contributed by atoms with E-state index in [4.69, 9.17) is 0 Å². The maximum absolute atomic E-state index is 12.7. The lowest BCUT2D eigenvalue weighted by Crippen LogP contribution is -2.40. The van der Waals surface area contributed by atoms with E-state index < -0.39 is 5.60 Å². The minimum atomic E-state index is -0.836. The number of hydrogen-bond acceptors (Lipinski definition) is 4. The maximum atomic E-state index is 12.7. The van der Waals surface area contributed by atoms with E-state index in [1.165, 1.54) is 6.42 Å². The van der Waals surface area contributed by atoms with Crippen LogP contribution in [0.1, 0.15) is 56.8 Å². The van der Waals surface area contributed by atoms with Crippen molar-refractivity contribution in [2.24, 2.45) is 5.92 Å². The third-order valence-corrected chi connectivity index (χ3v) is 4.97. The SMILES string of the molecule is CCC(C)C(C)(O)CNc1ncccc1C(=O)N1CCCCC1. The summed E-state index contributed by atoms with van der Waals surface area (Å²) in [6, 6.07) is 3.60. The molecule has 1 amide bonds. The van der Waals surface area contributed by atoms with E-state index in [-0.39, 0.29) is 11.8 Å². The Balaban J connectivity index is 2.09. The molecule has 0 spiro atoms. The summed E-state index contributed by atoms with van der Waals surface area (Å²) in [5.41, 5.74) is -0.244. The van der Waals surface area contributed by atoms with Gasteiger partial charge in [0.05, 0.1) is 11.2 Å². The van der Waals surface area contributed by atoms with Crippen molar-refractivity contribution in [1.29, 1.82) is 0 Å². The topological polar surface area (TPSA) is 65.5 Å². The van der Waals surface area contributed by atoms with E-state index >= 15 is 0 Å². The first-order valence-corrected chi connectivity index (χ1v) is 8.66. The van der Waals surface area contributed by atoms with Gasteiger partial charge < -0.3 is 15.3 Å². The average molecular weight is 319 g/mol. The van der Waals surface area contributed by atoms with Crippen LogP contribution in [0.15, 0.2) is 18.3 Å². The fourth-order valence-corrected chi connectivity index (χ4v) is 2.86. The molecule has 0 bridgehead atoms. The lowest BCUT2D eigenvalue weighted by molar-refractivity contribution is 0.0174. The molecule has 1 saturated heterocycles. The molecule has 0 saturated carbocycles. The molecule has 0 radical (unpaired) electrons. The molecule has 128 valence electrons. The number of aliphatic hydroxyl groups is 1. The molecule has 1 fully saturated rings. The van der Waals surface area contributed by atoms with Crippen molar-refractivity contribution in [3.8, 4) is 0 Å². The van der Waals surface area contributed by atoms with Crippen molar-refractivity contribution >= 4 is 11.7 Å². The van der Waals surface area contributed by atoms with Crippen molar-refractivity contribution in [2.45, 2.75) is 52.1 Å². The molecule has 23 heavy (non-hydrogen) atoms. The highest BCUT2D eigenvalue weighted by molar-refractivity contribution is 5.98. The standard InChI is InChI=1S/C18H29N3O2/c1-4-14(2)18(3,23)13-20-16-15(9-8-10-19-16)17(22)21-11-6-5-7-12-21/h8-10,14,23H,4-7,11-13H2,1-3H3,(H,19,20). The number of amides is 1. The van der Waals surface area contributed by atoms with Crippen LogP contribution in [-0.4, -0.2) is 46.1 Å². The van der Waals surface area contributed by atoms with E-state index in [1.54, 1.807) is 12.3 Å². The van der Waals surface area contributed by atoms with Crippen LogP contribution < -0.4 is 5.32 Å². The molecule has 2 atom stereocenters. The van der Waals surface area contributed by atoms with Crippen molar-refractivity contribution in [2.75, 3.05) is 25.0 Å². The van der Waals surface area contributed by atoms with Crippen LogP contribution in [0.4, 0.5) is 5.82 Å². The van der Waals surface area contributed by atoms with Crippen LogP contribution >= 0.6 is 0 Å². The largest absolute Gasteiger partial charge is 0.388 e. The van der Waals surface area contributed by atoms with Gasteiger partial charge in [0.1, 0.15) is 5.82 Å². The zero-order valence-electron chi connectivity index (χ0n) is 14.5. The van der Waals surface area contributed by atoms with Gasteiger partial charge >= 0.3 is 0 Å². The highest BCUT2D eigenvalue weighted by Crippen LogP contribution is 2.22. The minimum absolute atomic E-state index is 0.0310. The molecular formula is C18H29N3O2. The Kier molecular flexibility index (Phi) is 5.99. The Morgan fingerprint density at radius 3 is 2.78 bits per heavy atom. The van der Waals surface area contributed by atoms with Crippen LogP contribution in [-0.2, 0) is 0 Å². The second-order valence-electron chi connectivity index (χ2n) is 6.77. The molecular weight excluding hydrogens is 290 g/mol. The minimum Gasteiger partial charge on any atom is -0.388 e. The van der Waals surface area contributed by atoms with E-state index in [2.05, 4.69) is 17.2 Å². The number of nitrogens with one attached hydrogen (secondary N) is 1. The van der Waals surface area contributed by atoms with Crippen molar-refractivity contribution < 1.29 is 9.90 Å². The summed E-state index contributed by atoms with van der Waals surface area (Å²) in [4.78, 5) is 18.9. The van der Waals surface area contributed by atoms with Gasteiger partial charge in [0.15, 0.2) is 0 Å². The van der Waals surface area contributed by atoms with E-state index in [9.17, 15) is 9.90 Å². The molecule has 1 aromatic rings. The summed E-state index contributed by atoms with van der Waals surface area (Å²) in [6.45, 7) is 7.92. The molecule has 5 nitrogen and oxygen atoms in total. The van der Waals surface area contributed by atoms with E-state index in [0.717, 1.165) is 32.4 Å². The monoisotopic (exact) mass is 319 g/mol. The van der Waals surface area contributed by atoms with Gasteiger partial charge in [-0.3, -0.25) is 4.79 Å². The third kappa shape index (κ3) is 4.44.